The van der Waals surface area contributed by atoms with Gasteiger partial charge in [0, 0.05) is 12.1 Å². The van der Waals surface area contributed by atoms with Gasteiger partial charge in [-0.15, -0.1) is 0 Å². The van der Waals surface area contributed by atoms with Crippen molar-refractivity contribution in [1.82, 2.24) is 5.32 Å². The van der Waals surface area contributed by atoms with Crippen molar-refractivity contribution in [2.75, 3.05) is 7.05 Å². The fraction of sp³-hybridized carbons (Fsp3) is 0.333. The summed E-state index contributed by atoms with van der Waals surface area (Å²) in [5.74, 6) is 0.631. The van der Waals surface area contributed by atoms with Crippen molar-refractivity contribution in [3.63, 3.8) is 0 Å². The van der Waals surface area contributed by atoms with Gasteiger partial charge < -0.3 is 10.1 Å². The van der Waals surface area contributed by atoms with Crippen molar-refractivity contribution < 1.29 is 9.13 Å². The highest BCUT2D eigenvalue weighted by atomic mass is 19.1. The summed E-state index contributed by atoms with van der Waals surface area (Å²) in [6, 6.07) is 9.25. The third kappa shape index (κ3) is 3.61. The minimum Gasteiger partial charge on any atom is -0.488 e. The highest BCUT2D eigenvalue weighted by Crippen LogP contribution is 2.27. The molecule has 21 heavy (non-hydrogen) atoms. The van der Waals surface area contributed by atoms with E-state index in [1.807, 2.05) is 33.0 Å². The second kappa shape index (κ2) is 6.72. The van der Waals surface area contributed by atoms with Crippen LogP contribution < -0.4 is 10.1 Å². The SMILES string of the molecule is CNCc1ccc(F)c(COc2c(C)ccc(C)c2C)c1. The summed E-state index contributed by atoms with van der Waals surface area (Å²) in [7, 11) is 1.87. The number of halogens is 1. The number of hydrogen-bond acceptors (Lipinski definition) is 2. The zero-order valence-corrected chi connectivity index (χ0v) is 13.1. The number of nitrogens with one attached hydrogen (secondary N) is 1. The predicted octanol–water partition coefficient (Wildman–Crippen LogP) is 4.05. The van der Waals surface area contributed by atoms with Crippen LogP contribution in [0.25, 0.3) is 0 Å². The average Bonchev–Trinajstić information content (AvgIpc) is 2.46. The molecule has 0 saturated heterocycles. The number of rotatable bonds is 5. The van der Waals surface area contributed by atoms with Gasteiger partial charge in [0.2, 0.25) is 0 Å². The lowest BCUT2D eigenvalue weighted by Gasteiger charge is -2.15. The molecule has 2 rings (SSSR count). The standard InChI is InChI=1S/C18H22FNO/c1-12-5-6-13(2)18(14(12)3)21-11-16-9-15(10-20-4)7-8-17(16)19/h5-9,20H,10-11H2,1-4H3. The lowest BCUT2D eigenvalue weighted by Crippen LogP contribution is -2.07. The summed E-state index contributed by atoms with van der Waals surface area (Å²) in [5.41, 5.74) is 5.00. The molecule has 0 aliphatic rings. The molecule has 0 saturated carbocycles. The fourth-order valence-electron chi connectivity index (χ4n) is 2.35. The Morgan fingerprint density at radius 3 is 2.48 bits per heavy atom. The van der Waals surface area contributed by atoms with E-state index in [2.05, 4.69) is 18.3 Å². The molecule has 0 fully saturated rings. The molecule has 0 bridgehead atoms. The molecule has 112 valence electrons. The number of benzene rings is 2. The van der Waals surface area contributed by atoms with E-state index in [-0.39, 0.29) is 12.4 Å². The second-order valence-electron chi connectivity index (χ2n) is 5.40. The fourth-order valence-corrected chi connectivity index (χ4v) is 2.35. The quantitative estimate of drug-likeness (QED) is 0.895. The van der Waals surface area contributed by atoms with Crippen molar-refractivity contribution in [2.45, 2.75) is 33.9 Å². The topological polar surface area (TPSA) is 21.3 Å². The van der Waals surface area contributed by atoms with Crippen LogP contribution in [0.2, 0.25) is 0 Å². The third-order valence-corrected chi connectivity index (χ3v) is 3.74. The first-order chi connectivity index (χ1) is 10.0. The Morgan fingerprint density at radius 2 is 1.76 bits per heavy atom. The van der Waals surface area contributed by atoms with Crippen LogP contribution in [0.1, 0.15) is 27.8 Å². The predicted molar refractivity (Wildman–Crippen MR) is 84.1 cm³/mol. The molecule has 3 heteroatoms. The molecule has 2 aromatic carbocycles. The Morgan fingerprint density at radius 1 is 1.05 bits per heavy atom. The van der Waals surface area contributed by atoms with E-state index < -0.39 is 0 Å². The molecule has 0 heterocycles. The minimum absolute atomic E-state index is 0.224. The lowest BCUT2D eigenvalue weighted by atomic mass is 10.1. The second-order valence-corrected chi connectivity index (χ2v) is 5.40. The molecular weight excluding hydrogens is 265 g/mol. The lowest BCUT2D eigenvalue weighted by molar-refractivity contribution is 0.295. The zero-order chi connectivity index (χ0) is 15.4. The molecule has 2 nitrogen and oxygen atoms in total. The highest BCUT2D eigenvalue weighted by molar-refractivity contribution is 5.44. The van der Waals surface area contributed by atoms with Crippen LogP contribution >= 0.6 is 0 Å². The smallest absolute Gasteiger partial charge is 0.129 e. The Balaban J connectivity index is 2.20. The highest BCUT2D eigenvalue weighted by Gasteiger charge is 2.09. The van der Waals surface area contributed by atoms with Gasteiger partial charge in [0.25, 0.3) is 0 Å². The molecule has 0 radical (unpaired) electrons. The normalized spacial score (nSPS) is 10.7. The molecule has 0 aromatic heterocycles. The van der Waals surface area contributed by atoms with Gasteiger partial charge in [0.1, 0.15) is 18.2 Å². The Labute approximate surface area is 126 Å². The summed E-state index contributed by atoms with van der Waals surface area (Å²) >= 11 is 0. The van der Waals surface area contributed by atoms with Gasteiger partial charge in [0.15, 0.2) is 0 Å². The van der Waals surface area contributed by atoms with Crippen LogP contribution in [0.15, 0.2) is 30.3 Å². The minimum atomic E-state index is -0.224. The van der Waals surface area contributed by atoms with Gasteiger partial charge in [-0.1, -0.05) is 18.2 Å². The van der Waals surface area contributed by atoms with Crippen LogP contribution in [-0.2, 0) is 13.2 Å². The zero-order valence-electron chi connectivity index (χ0n) is 13.1. The van der Waals surface area contributed by atoms with Gasteiger partial charge in [-0.25, -0.2) is 4.39 Å². The summed E-state index contributed by atoms with van der Waals surface area (Å²) in [5, 5.41) is 3.07. The van der Waals surface area contributed by atoms with Gasteiger partial charge in [-0.2, -0.15) is 0 Å². The molecule has 0 spiro atoms. The van der Waals surface area contributed by atoms with E-state index in [1.165, 1.54) is 11.6 Å². The molecule has 2 aromatic rings. The Hall–Kier alpha value is -1.87. The maximum atomic E-state index is 13.9. The molecule has 0 amide bonds. The first kappa shape index (κ1) is 15.5. The van der Waals surface area contributed by atoms with Crippen LogP contribution in [0, 0.1) is 26.6 Å². The van der Waals surface area contributed by atoms with E-state index >= 15 is 0 Å². The summed E-state index contributed by atoms with van der Waals surface area (Å²) in [6.07, 6.45) is 0. The molecule has 0 unspecified atom stereocenters. The number of ether oxygens (including phenoxy) is 1. The third-order valence-electron chi connectivity index (χ3n) is 3.74. The van der Waals surface area contributed by atoms with Crippen molar-refractivity contribution in [2.24, 2.45) is 0 Å². The largest absolute Gasteiger partial charge is 0.488 e. The van der Waals surface area contributed by atoms with Crippen molar-refractivity contribution in [3.05, 3.63) is 64.0 Å². The molecule has 1 N–H and O–H groups in total. The maximum Gasteiger partial charge on any atom is 0.129 e. The van der Waals surface area contributed by atoms with Crippen molar-refractivity contribution in [3.8, 4) is 5.75 Å². The molecule has 0 aliphatic carbocycles. The van der Waals surface area contributed by atoms with E-state index in [9.17, 15) is 4.39 Å². The number of aryl methyl sites for hydroxylation is 2. The van der Waals surface area contributed by atoms with Crippen LogP contribution in [0.4, 0.5) is 4.39 Å². The van der Waals surface area contributed by atoms with Gasteiger partial charge in [0.05, 0.1) is 0 Å². The van der Waals surface area contributed by atoms with E-state index in [0.29, 0.717) is 5.56 Å². The van der Waals surface area contributed by atoms with Crippen molar-refractivity contribution in [1.29, 1.82) is 0 Å². The van der Waals surface area contributed by atoms with E-state index in [1.54, 1.807) is 6.07 Å². The maximum absolute atomic E-state index is 13.9. The summed E-state index contributed by atoms with van der Waals surface area (Å²) in [6.45, 7) is 7.06. The van der Waals surface area contributed by atoms with Crippen LogP contribution in [0.3, 0.4) is 0 Å². The molecule has 0 atom stereocenters. The Bertz CT molecular complexity index is 637. The number of hydrogen-bond donors (Lipinski definition) is 1. The van der Waals surface area contributed by atoms with Crippen LogP contribution in [-0.4, -0.2) is 7.05 Å². The van der Waals surface area contributed by atoms with E-state index in [0.717, 1.165) is 29.0 Å². The molecular formula is C18H22FNO. The van der Waals surface area contributed by atoms with E-state index in [4.69, 9.17) is 4.74 Å². The first-order valence-corrected chi connectivity index (χ1v) is 7.14. The molecule has 0 aliphatic heterocycles. The van der Waals surface area contributed by atoms with Gasteiger partial charge in [-0.05, 0) is 62.2 Å². The first-order valence-electron chi connectivity index (χ1n) is 7.14. The summed E-state index contributed by atoms with van der Waals surface area (Å²) < 4.78 is 19.8. The van der Waals surface area contributed by atoms with Gasteiger partial charge >= 0.3 is 0 Å². The van der Waals surface area contributed by atoms with Gasteiger partial charge in [-0.3, -0.25) is 0 Å². The average molecular weight is 287 g/mol. The Kier molecular flexibility index (Phi) is 4.97. The monoisotopic (exact) mass is 287 g/mol. The van der Waals surface area contributed by atoms with Crippen LogP contribution in [0.5, 0.6) is 5.75 Å². The van der Waals surface area contributed by atoms with Crippen molar-refractivity contribution >= 4 is 0 Å². The summed E-state index contributed by atoms with van der Waals surface area (Å²) in [4.78, 5) is 0.